The van der Waals surface area contributed by atoms with Crippen LogP contribution in [0.2, 0.25) is 0 Å². The van der Waals surface area contributed by atoms with Gasteiger partial charge in [0.1, 0.15) is 17.8 Å². The number of thioether (sulfide) groups is 2. The quantitative estimate of drug-likeness (QED) is 0.219. The van der Waals surface area contributed by atoms with Crippen LogP contribution in [0.25, 0.3) is 10.8 Å². The second kappa shape index (κ2) is 16.2. The molecule has 4 atom stereocenters. The number of amides is 4. The van der Waals surface area contributed by atoms with E-state index in [1.54, 1.807) is 6.07 Å². The highest BCUT2D eigenvalue weighted by Gasteiger charge is 2.41. The van der Waals surface area contributed by atoms with E-state index >= 15 is 0 Å². The Balaban J connectivity index is 1.46. The lowest BCUT2D eigenvalue weighted by Crippen LogP contribution is -2.59. The predicted molar refractivity (Wildman–Crippen MR) is 184 cm³/mol. The number of benzene rings is 3. The molecule has 0 spiro atoms. The second-order valence-corrected chi connectivity index (χ2v) is 14.1. The van der Waals surface area contributed by atoms with E-state index < -0.39 is 47.5 Å². The van der Waals surface area contributed by atoms with Crippen molar-refractivity contribution < 1.29 is 29.0 Å². The molecule has 0 aromatic heterocycles. The van der Waals surface area contributed by atoms with Crippen LogP contribution in [0.5, 0.6) is 5.75 Å². The summed E-state index contributed by atoms with van der Waals surface area (Å²) >= 11 is 2.79. The van der Waals surface area contributed by atoms with Crippen LogP contribution >= 0.6 is 23.5 Å². The SMILES string of the molecule is CSC[C@H](NC(=O)COc1cccc2ccccc12)C(=O)N[C@@H](Cc1ccccc1)[C@H](O)C(=O)N1CSC[C@H]1C(=O)NC(C)(C)C. The lowest BCUT2D eigenvalue weighted by Gasteiger charge is -2.32. The molecule has 3 aromatic rings. The van der Waals surface area contributed by atoms with Gasteiger partial charge in [-0.2, -0.15) is 11.8 Å². The van der Waals surface area contributed by atoms with Crippen molar-refractivity contribution in [3.8, 4) is 5.75 Å². The van der Waals surface area contributed by atoms with Gasteiger partial charge in [-0.1, -0.05) is 66.7 Å². The number of ether oxygens (including phenoxy) is 1. The van der Waals surface area contributed by atoms with Gasteiger partial charge < -0.3 is 30.7 Å². The third-order valence-corrected chi connectivity index (χ3v) is 9.00. The molecule has 0 radical (unpaired) electrons. The van der Waals surface area contributed by atoms with Gasteiger partial charge in [-0.25, -0.2) is 0 Å². The molecule has 3 aromatic carbocycles. The number of carbonyl (C=O) groups excluding carboxylic acids is 4. The Labute approximate surface area is 278 Å². The summed E-state index contributed by atoms with van der Waals surface area (Å²) in [5.41, 5.74) is 0.310. The number of aliphatic hydroxyl groups excluding tert-OH is 1. The maximum absolute atomic E-state index is 13.7. The molecular weight excluding hydrogens is 625 g/mol. The molecule has 0 unspecified atom stereocenters. The molecule has 0 aliphatic carbocycles. The molecule has 12 heteroatoms. The van der Waals surface area contributed by atoms with Gasteiger partial charge in [0.15, 0.2) is 12.7 Å². The van der Waals surface area contributed by atoms with Crippen molar-refractivity contribution in [2.75, 3.05) is 30.2 Å². The van der Waals surface area contributed by atoms with E-state index in [1.165, 1.54) is 28.4 Å². The fourth-order valence-corrected chi connectivity index (χ4v) is 6.85. The Morgan fingerprint density at radius 3 is 2.41 bits per heavy atom. The Morgan fingerprint density at radius 2 is 1.70 bits per heavy atom. The number of aliphatic hydroxyl groups is 1. The van der Waals surface area contributed by atoms with Crippen molar-refractivity contribution in [2.24, 2.45) is 0 Å². The molecular formula is C34H42N4O6S2. The van der Waals surface area contributed by atoms with E-state index in [0.29, 0.717) is 11.5 Å². The molecule has 1 heterocycles. The first kappa shape index (κ1) is 35.1. The van der Waals surface area contributed by atoms with Crippen LogP contribution in [0.1, 0.15) is 26.3 Å². The van der Waals surface area contributed by atoms with Crippen molar-refractivity contribution in [1.29, 1.82) is 0 Å². The molecule has 1 aliphatic rings. The van der Waals surface area contributed by atoms with E-state index in [0.717, 1.165) is 16.3 Å². The van der Waals surface area contributed by atoms with Crippen LogP contribution in [-0.2, 0) is 25.6 Å². The Bertz CT molecular complexity index is 1510. The van der Waals surface area contributed by atoms with E-state index in [1.807, 2.05) is 93.8 Å². The van der Waals surface area contributed by atoms with Crippen LogP contribution in [0.4, 0.5) is 0 Å². The van der Waals surface area contributed by atoms with Crippen LogP contribution in [0.3, 0.4) is 0 Å². The van der Waals surface area contributed by atoms with Gasteiger partial charge in [0, 0.05) is 22.4 Å². The zero-order valence-electron chi connectivity index (χ0n) is 26.5. The average Bonchev–Trinajstić information content (AvgIpc) is 3.53. The summed E-state index contributed by atoms with van der Waals surface area (Å²) in [6.45, 7) is 5.28. The first-order chi connectivity index (χ1) is 22.0. The summed E-state index contributed by atoms with van der Waals surface area (Å²) in [5, 5.41) is 21.7. The molecule has 4 amide bonds. The van der Waals surface area contributed by atoms with Gasteiger partial charge in [0.2, 0.25) is 11.8 Å². The maximum atomic E-state index is 13.7. The largest absolute Gasteiger partial charge is 0.483 e. The standard InChI is InChI=1S/C34H42N4O6S2/c1-34(2,3)37-32(42)27-20-46-21-38(27)33(43)30(40)25(17-22-11-6-5-7-12-22)36-31(41)26(19-45-4)35-29(39)18-44-28-16-10-14-23-13-8-9-15-24(23)28/h5-16,25-27,30,40H,17-21H2,1-4H3,(H,35,39)(H,36,41)(H,37,42)/t25-,26-,27-,30-/m0/s1. The minimum Gasteiger partial charge on any atom is -0.483 e. The highest BCUT2D eigenvalue weighted by Crippen LogP contribution is 2.25. The van der Waals surface area contributed by atoms with Crippen LogP contribution < -0.4 is 20.7 Å². The third kappa shape index (κ3) is 9.63. The van der Waals surface area contributed by atoms with Crippen LogP contribution in [0.15, 0.2) is 72.8 Å². The zero-order chi connectivity index (χ0) is 33.3. The number of hydrogen-bond acceptors (Lipinski definition) is 8. The van der Waals surface area contributed by atoms with E-state index in [-0.39, 0.29) is 30.6 Å². The summed E-state index contributed by atoms with van der Waals surface area (Å²) in [6, 6.07) is 19.7. The van der Waals surface area contributed by atoms with Gasteiger partial charge in [-0.3, -0.25) is 19.2 Å². The topological polar surface area (TPSA) is 137 Å². The number of carbonyl (C=O) groups is 4. The molecule has 246 valence electrons. The van der Waals surface area contributed by atoms with Gasteiger partial charge in [0.25, 0.3) is 11.8 Å². The molecule has 0 saturated carbocycles. The highest BCUT2D eigenvalue weighted by atomic mass is 32.2. The van der Waals surface area contributed by atoms with Gasteiger partial charge in [-0.05, 0) is 50.5 Å². The molecule has 0 bridgehead atoms. The van der Waals surface area contributed by atoms with E-state index in [2.05, 4.69) is 16.0 Å². The Morgan fingerprint density at radius 1 is 1.00 bits per heavy atom. The Kier molecular flexibility index (Phi) is 12.4. The van der Waals surface area contributed by atoms with Crippen molar-refractivity contribution in [3.05, 3.63) is 78.4 Å². The monoisotopic (exact) mass is 666 g/mol. The minimum absolute atomic E-state index is 0.156. The first-order valence-electron chi connectivity index (χ1n) is 15.1. The van der Waals surface area contributed by atoms with Gasteiger partial charge in [0.05, 0.1) is 11.9 Å². The molecule has 1 fully saturated rings. The van der Waals surface area contributed by atoms with Crippen LogP contribution in [-0.4, -0.2) is 93.6 Å². The number of nitrogens with one attached hydrogen (secondary N) is 3. The normalized spacial score (nSPS) is 16.7. The average molecular weight is 667 g/mol. The fraction of sp³-hybridized carbons (Fsp3) is 0.412. The highest BCUT2D eigenvalue weighted by molar-refractivity contribution is 7.99. The zero-order valence-corrected chi connectivity index (χ0v) is 28.2. The summed E-state index contributed by atoms with van der Waals surface area (Å²) in [5.74, 6) is -0.516. The van der Waals surface area contributed by atoms with E-state index in [4.69, 9.17) is 4.74 Å². The third-order valence-electron chi connectivity index (χ3n) is 7.32. The summed E-state index contributed by atoms with van der Waals surface area (Å²) < 4.78 is 5.81. The van der Waals surface area contributed by atoms with Crippen molar-refractivity contribution >= 4 is 57.9 Å². The summed E-state index contributed by atoms with van der Waals surface area (Å²) in [4.78, 5) is 54.6. The van der Waals surface area contributed by atoms with Crippen molar-refractivity contribution in [3.63, 3.8) is 0 Å². The summed E-state index contributed by atoms with van der Waals surface area (Å²) in [7, 11) is 0. The molecule has 4 rings (SSSR count). The lowest BCUT2D eigenvalue weighted by atomic mass is 9.99. The van der Waals surface area contributed by atoms with Gasteiger partial charge in [-0.15, -0.1) is 11.8 Å². The Hall–Kier alpha value is -3.74. The molecule has 1 saturated heterocycles. The fourth-order valence-electron chi connectivity index (χ4n) is 5.12. The smallest absolute Gasteiger partial charge is 0.258 e. The van der Waals surface area contributed by atoms with Crippen LogP contribution in [0, 0.1) is 0 Å². The number of fused-ring (bicyclic) bond motifs is 1. The number of nitrogens with zero attached hydrogens (tertiary/aromatic N) is 1. The predicted octanol–water partition coefficient (Wildman–Crippen LogP) is 2.97. The first-order valence-corrected chi connectivity index (χ1v) is 17.6. The number of rotatable bonds is 13. The number of hydrogen-bond donors (Lipinski definition) is 4. The van der Waals surface area contributed by atoms with Crippen molar-refractivity contribution in [2.45, 2.75) is 57.0 Å². The van der Waals surface area contributed by atoms with E-state index in [9.17, 15) is 24.3 Å². The maximum Gasteiger partial charge on any atom is 0.258 e. The van der Waals surface area contributed by atoms with Crippen molar-refractivity contribution in [1.82, 2.24) is 20.9 Å². The minimum atomic E-state index is -1.63. The lowest BCUT2D eigenvalue weighted by molar-refractivity contribution is -0.147. The molecule has 46 heavy (non-hydrogen) atoms. The molecule has 4 N–H and O–H groups in total. The van der Waals surface area contributed by atoms with Gasteiger partial charge >= 0.3 is 0 Å². The molecule has 1 aliphatic heterocycles. The summed E-state index contributed by atoms with van der Waals surface area (Å²) in [6.07, 6.45) is 0.337. The molecule has 10 nitrogen and oxygen atoms in total. The second-order valence-electron chi connectivity index (χ2n) is 12.2.